The maximum Gasteiger partial charge on any atom is 0.250 e. The topological polar surface area (TPSA) is 72.2 Å². The van der Waals surface area contributed by atoms with E-state index in [4.69, 9.17) is 5.73 Å². The van der Waals surface area contributed by atoms with Crippen molar-refractivity contribution in [1.82, 2.24) is 4.72 Å². The lowest BCUT2D eigenvalue weighted by Crippen LogP contribution is -2.39. The van der Waals surface area contributed by atoms with Crippen LogP contribution in [0.3, 0.4) is 0 Å². The minimum atomic E-state index is -3.38. The molecule has 1 aromatic rings. The highest BCUT2D eigenvalue weighted by molar-refractivity contribution is 7.91. The zero-order chi connectivity index (χ0) is 14.0. The first kappa shape index (κ1) is 15.0. The monoisotopic (exact) mass is 302 g/mol. The van der Waals surface area contributed by atoms with Crippen LogP contribution in [0.4, 0.5) is 0 Å². The zero-order valence-electron chi connectivity index (χ0n) is 11.4. The number of rotatable bonds is 4. The third-order valence-corrected chi connectivity index (χ3v) is 7.06. The summed E-state index contributed by atoms with van der Waals surface area (Å²) in [5, 5.41) is 1.81. The summed E-state index contributed by atoms with van der Waals surface area (Å²) in [5.74, 6) is 1.26. The summed E-state index contributed by atoms with van der Waals surface area (Å²) in [7, 11) is -3.38. The molecule has 6 heteroatoms. The van der Waals surface area contributed by atoms with Crippen LogP contribution in [0.25, 0.3) is 0 Å². The van der Waals surface area contributed by atoms with Crippen LogP contribution in [0.2, 0.25) is 0 Å². The molecule has 1 saturated carbocycles. The van der Waals surface area contributed by atoms with Gasteiger partial charge in [0.25, 0.3) is 0 Å². The molecule has 0 saturated heterocycles. The normalized spacial score (nSPS) is 28.5. The van der Waals surface area contributed by atoms with Crippen LogP contribution in [0.1, 0.15) is 38.7 Å². The van der Waals surface area contributed by atoms with Crippen molar-refractivity contribution in [3.63, 3.8) is 0 Å². The number of hydrogen-bond acceptors (Lipinski definition) is 4. The summed E-state index contributed by atoms with van der Waals surface area (Å²) in [6.45, 7) is 4.81. The fourth-order valence-corrected chi connectivity index (χ4v) is 5.06. The van der Waals surface area contributed by atoms with E-state index < -0.39 is 10.0 Å². The SMILES string of the molecule is CC1CCC(NS(=O)(=O)c2cc(CN)cs2)CC1C. The second-order valence-corrected chi connectivity index (χ2v) is 8.42. The van der Waals surface area contributed by atoms with Gasteiger partial charge in [0.15, 0.2) is 0 Å². The van der Waals surface area contributed by atoms with Crippen LogP contribution in [0.5, 0.6) is 0 Å². The van der Waals surface area contributed by atoms with Crippen LogP contribution >= 0.6 is 11.3 Å². The summed E-state index contributed by atoms with van der Waals surface area (Å²) in [4.78, 5) is 0. The van der Waals surface area contributed by atoms with Gasteiger partial charge < -0.3 is 5.73 Å². The van der Waals surface area contributed by atoms with Gasteiger partial charge in [0.1, 0.15) is 4.21 Å². The van der Waals surface area contributed by atoms with E-state index in [0.29, 0.717) is 22.6 Å². The molecule has 4 nitrogen and oxygen atoms in total. The highest BCUT2D eigenvalue weighted by Crippen LogP contribution is 2.30. The van der Waals surface area contributed by atoms with E-state index in [1.165, 1.54) is 11.3 Å². The Bertz CT molecular complexity index is 525. The molecule has 3 N–H and O–H groups in total. The molecular formula is C13H22N2O2S2. The van der Waals surface area contributed by atoms with E-state index >= 15 is 0 Å². The number of sulfonamides is 1. The van der Waals surface area contributed by atoms with Crippen molar-refractivity contribution in [2.75, 3.05) is 0 Å². The van der Waals surface area contributed by atoms with Gasteiger partial charge in [-0.25, -0.2) is 13.1 Å². The van der Waals surface area contributed by atoms with Crippen molar-refractivity contribution in [3.05, 3.63) is 17.0 Å². The predicted molar refractivity (Wildman–Crippen MR) is 78.5 cm³/mol. The molecule has 2 rings (SSSR count). The number of nitrogens with two attached hydrogens (primary N) is 1. The van der Waals surface area contributed by atoms with Gasteiger partial charge in [0, 0.05) is 12.6 Å². The van der Waals surface area contributed by atoms with E-state index in [0.717, 1.165) is 24.8 Å². The lowest BCUT2D eigenvalue weighted by atomic mass is 9.79. The van der Waals surface area contributed by atoms with Gasteiger partial charge in [-0.15, -0.1) is 11.3 Å². The first-order chi connectivity index (χ1) is 8.92. The van der Waals surface area contributed by atoms with Crippen LogP contribution < -0.4 is 10.5 Å². The van der Waals surface area contributed by atoms with Gasteiger partial charge in [0.05, 0.1) is 0 Å². The van der Waals surface area contributed by atoms with Crippen molar-refractivity contribution in [2.45, 2.75) is 49.9 Å². The van der Waals surface area contributed by atoms with Crippen molar-refractivity contribution >= 4 is 21.4 Å². The van der Waals surface area contributed by atoms with Gasteiger partial charge in [-0.1, -0.05) is 13.8 Å². The van der Waals surface area contributed by atoms with E-state index in [1.807, 2.05) is 0 Å². The van der Waals surface area contributed by atoms with Gasteiger partial charge in [-0.3, -0.25) is 0 Å². The Kier molecular flexibility index (Phi) is 4.66. The van der Waals surface area contributed by atoms with E-state index in [1.54, 1.807) is 11.4 Å². The van der Waals surface area contributed by atoms with Crippen molar-refractivity contribution in [1.29, 1.82) is 0 Å². The second-order valence-electron chi connectivity index (χ2n) is 5.56. The van der Waals surface area contributed by atoms with Crippen molar-refractivity contribution in [3.8, 4) is 0 Å². The molecule has 1 aliphatic rings. The highest BCUT2D eigenvalue weighted by Gasteiger charge is 2.28. The first-order valence-electron chi connectivity index (χ1n) is 6.72. The molecule has 19 heavy (non-hydrogen) atoms. The van der Waals surface area contributed by atoms with Gasteiger partial charge in [-0.2, -0.15) is 0 Å². The maximum atomic E-state index is 12.3. The van der Waals surface area contributed by atoms with Crippen LogP contribution in [-0.2, 0) is 16.6 Å². The molecule has 0 bridgehead atoms. The molecule has 108 valence electrons. The fraction of sp³-hybridized carbons (Fsp3) is 0.692. The quantitative estimate of drug-likeness (QED) is 0.896. The molecule has 1 heterocycles. The third-order valence-electron chi connectivity index (χ3n) is 4.05. The predicted octanol–water partition coefficient (Wildman–Crippen LogP) is 2.31. The lowest BCUT2D eigenvalue weighted by molar-refractivity contribution is 0.242. The summed E-state index contributed by atoms with van der Waals surface area (Å²) < 4.78 is 27.8. The van der Waals surface area contributed by atoms with Gasteiger partial charge in [-0.05, 0) is 48.1 Å². The minimum absolute atomic E-state index is 0.0691. The zero-order valence-corrected chi connectivity index (χ0v) is 13.1. The van der Waals surface area contributed by atoms with Gasteiger partial charge in [0.2, 0.25) is 10.0 Å². The Hall–Kier alpha value is -0.430. The van der Waals surface area contributed by atoms with Crippen LogP contribution in [-0.4, -0.2) is 14.5 Å². The summed E-state index contributed by atoms with van der Waals surface area (Å²) >= 11 is 1.24. The van der Waals surface area contributed by atoms with E-state index in [2.05, 4.69) is 18.6 Å². The molecule has 1 aliphatic carbocycles. The molecule has 0 amide bonds. The molecule has 1 aromatic heterocycles. The van der Waals surface area contributed by atoms with Crippen LogP contribution in [0, 0.1) is 11.8 Å². The maximum absolute atomic E-state index is 12.3. The Balaban J connectivity index is 2.05. The summed E-state index contributed by atoms with van der Waals surface area (Å²) in [6.07, 6.45) is 2.95. The molecule has 1 fully saturated rings. The third kappa shape index (κ3) is 3.56. The Morgan fingerprint density at radius 2 is 2.11 bits per heavy atom. The minimum Gasteiger partial charge on any atom is -0.326 e. The summed E-state index contributed by atoms with van der Waals surface area (Å²) in [6, 6.07) is 1.74. The van der Waals surface area contributed by atoms with Crippen molar-refractivity contribution in [2.24, 2.45) is 17.6 Å². The number of thiophene rings is 1. The number of nitrogens with one attached hydrogen (secondary N) is 1. The molecule has 3 unspecified atom stereocenters. The molecule has 0 aliphatic heterocycles. The Morgan fingerprint density at radius 1 is 1.37 bits per heavy atom. The molecule has 0 radical (unpaired) electrons. The molecular weight excluding hydrogens is 280 g/mol. The molecule has 0 aromatic carbocycles. The largest absolute Gasteiger partial charge is 0.326 e. The highest BCUT2D eigenvalue weighted by atomic mass is 32.2. The first-order valence-corrected chi connectivity index (χ1v) is 9.08. The Morgan fingerprint density at radius 3 is 2.68 bits per heavy atom. The van der Waals surface area contributed by atoms with Crippen LogP contribution in [0.15, 0.2) is 15.7 Å². The average molecular weight is 302 g/mol. The summed E-state index contributed by atoms with van der Waals surface area (Å²) in [5.41, 5.74) is 6.39. The van der Waals surface area contributed by atoms with E-state index in [9.17, 15) is 8.42 Å². The Labute approximate surface area is 119 Å². The number of hydrogen-bond donors (Lipinski definition) is 2. The smallest absolute Gasteiger partial charge is 0.250 e. The average Bonchev–Trinajstić information content (AvgIpc) is 2.83. The lowest BCUT2D eigenvalue weighted by Gasteiger charge is -2.32. The second kappa shape index (κ2) is 5.91. The van der Waals surface area contributed by atoms with Gasteiger partial charge >= 0.3 is 0 Å². The van der Waals surface area contributed by atoms with Crippen molar-refractivity contribution < 1.29 is 8.42 Å². The molecule has 0 spiro atoms. The standard InChI is InChI=1S/C13H22N2O2S2/c1-9-3-4-12(5-10(9)2)15-19(16,17)13-6-11(7-14)8-18-13/h6,8-10,12,15H,3-5,7,14H2,1-2H3. The molecule has 3 atom stereocenters. The fourth-order valence-electron chi connectivity index (χ4n) is 2.53. The van der Waals surface area contributed by atoms with E-state index in [-0.39, 0.29) is 6.04 Å².